The number of rotatable bonds is 14. The maximum absolute atomic E-state index is 14.1. The van der Waals surface area contributed by atoms with E-state index >= 15 is 0 Å². The molecule has 6 N–H and O–H groups in total. The number of nitrogens with zero attached hydrogens (tertiary/aromatic N) is 4. The predicted octanol–water partition coefficient (Wildman–Crippen LogP) is 5.92. The Morgan fingerprint density at radius 2 is 0.600 bits per heavy atom. The van der Waals surface area contributed by atoms with Crippen molar-refractivity contribution in [3.8, 4) is 0 Å². The topological polar surface area (TPSA) is 183 Å². The van der Waals surface area contributed by atoms with Crippen LogP contribution < -0.4 is 31.1 Å². The van der Waals surface area contributed by atoms with E-state index in [1.807, 2.05) is 72.8 Å². The summed E-state index contributed by atoms with van der Waals surface area (Å²) < 4.78 is 12.8. The van der Waals surface area contributed by atoms with Crippen LogP contribution in [-0.4, -0.2) is 92.8 Å². The molecule has 13 heteroatoms. The van der Waals surface area contributed by atoms with E-state index in [4.69, 9.17) is 20.9 Å². The highest BCUT2D eigenvalue weighted by molar-refractivity contribution is 5.96. The molecule has 0 aliphatic carbocycles. The molecule has 344 valence electrons. The van der Waals surface area contributed by atoms with E-state index in [0.29, 0.717) is 104 Å². The fraction of sp³-hybridized carbons (Fsp3) is 0.423. The number of piperidine rings is 4. The lowest BCUT2D eigenvalue weighted by molar-refractivity contribution is -0.182. The van der Waals surface area contributed by atoms with E-state index in [1.54, 1.807) is 0 Å². The Morgan fingerprint density at radius 3 is 0.785 bits per heavy atom. The number of benzene rings is 4. The second-order valence-corrected chi connectivity index (χ2v) is 17.9. The second-order valence-electron chi connectivity index (χ2n) is 17.9. The molecule has 4 aliphatic rings. The number of carbonyl (C=O) groups excluding carboxylic acids is 4. The lowest BCUT2D eigenvalue weighted by atomic mass is 9.68. The molecular formula is C52H64N6O7. The highest BCUT2D eigenvalue weighted by atomic mass is 16.6. The van der Waals surface area contributed by atoms with Crippen LogP contribution in [0.3, 0.4) is 0 Å². The molecule has 65 heavy (non-hydrogen) atoms. The highest BCUT2D eigenvalue weighted by Crippen LogP contribution is 2.45. The summed E-state index contributed by atoms with van der Waals surface area (Å²) in [6, 6.07) is 40.5. The SMILES string of the molecule is NC(=O)C(OC(=O)/C=C/C(=O)OC(C(N)=O)(C1CCN(c2ccccc2)CC1)C1CCN(c2ccccc2)CC1)(C1CCN(c2ccccc2)CC1)C1CCN(c2ccccc2)CC1.O. The van der Waals surface area contributed by atoms with Crippen LogP contribution in [0.5, 0.6) is 0 Å². The lowest BCUT2D eigenvalue weighted by Crippen LogP contribution is -2.62. The van der Waals surface area contributed by atoms with Crippen molar-refractivity contribution in [2.75, 3.05) is 72.0 Å². The van der Waals surface area contributed by atoms with Crippen LogP contribution in [0.4, 0.5) is 22.7 Å². The Kier molecular flexibility index (Phi) is 15.1. The lowest BCUT2D eigenvalue weighted by Gasteiger charge is -2.49. The summed E-state index contributed by atoms with van der Waals surface area (Å²) in [7, 11) is 0. The molecular weight excluding hydrogens is 821 g/mol. The van der Waals surface area contributed by atoms with Gasteiger partial charge in [0.2, 0.25) is 0 Å². The first-order chi connectivity index (χ1) is 31.2. The van der Waals surface area contributed by atoms with Crippen molar-refractivity contribution < 1.29 is 34.1 Å². The first kappa shape index (κ1) is 46.6. The highest BCUT2D eigenvalue weighted by Gasteiger charge is 2.56. The standard InChI is InChI=1S/C52H62N6O6.H2O/c53-49(61)51(39-23-31-55(32-24-39)43-13-5-1-6-14-43,40-25-33-56(34-26-40)44-15-7-2-8-16-44)63-47(59)21-22-48(60)64-52(50(54)62,41-27-35-57(36-28-41)45-17-9-3-10-18-45)42-29-37-58(38-30-42)46-19-11-4-12-20-46;/h1-22,39-42H,23-38H2,(H2,53,61)(H2,54,62);1H2/b22-21+;. The molecule has 4 saturated heterocycles. The molecule has 0 bridgehead atoms. The zero-order valence-electron chi connectivity index (χ0n) is 37.2. The Balaban J connectivity index is 0.00000630. The van der Waals surface area contributed by atoms with Crippen LogP contribution in [0.25, 0.3) is 0 Å². The van der Waals surface area contributed by atoms with Crippen LogP contribution in [0.2, 0.25) is 0 Å². The smallest absolute Gasteiger partial charge is 0.332 e. The second kappa shape index (κ2) is 21.1. The van der Waals surface area contributed by atoms with Crippen molar-refractivity contribution in [3.63, 3.8) is 0 Å². The van der Waals surface area contributed by atoms with Crippen LogP contribution in [-0.2, 0) is 28.7 Å². The number of anilines is 4. The molecule has 4 aromatic rings. The fourth-order valence-electron chi connectivity index (χ4n) is 11.3. The van der Waals surface area contributed by atoms with E-state index in [-0.39, 0.29) is 29.1 Å². The number of hydrogen-bond donors (Lipinski definition) is 2. The normalized spacial score (nSPS) is 18.5. The van der Waals surface area contributed by atoms with Gasteiger partial charge in [-0.3, -0.25) is 9.59 Å². The Labute approximate surface area is 382 Å². The number of ether oxygens (including phenoxy) is 2. The third-order valence-electron chi connectivity index (χ3n) is 14.6. The van der Waals surface area contributed by atoms with Gasteiger partial charge in [-0.15, -0.1) is 0 Å². The maximum atomic E-state index is 14.1. The Morgan fingerprint density at radius 1 is 0.400 bits per heavy atom. The zero-order valence-corrected chi connectivity index (χ0v) is 37.2. The third kappa shape index (κ3) is 10.2. The predicted molar refractivity (Wildman–Crippen MR) is 254 cm³/mol. The van der Waals surface area contributed by atoms with Gasteiger partial charge in [0.15, 0.2) is 11.2 Å². The number of esters is 2. The number of carbonyl (C=O) groups is 4. The van der Waals surface area contributed by atoms with E-state index < -0.39 is 35.0 Å². The summed E-state index contributed by atoms with van der Waals surface area (Å²) in [5.74, 6) is -4.43. The molecule has 0 saturated carbocycles. The van der Waals surface area contributed by atoms with Crippen molar-refractivity contribution in [3.05, 3.63) is 133 Å². The fourth-order valence-corrected chi connectivity index (χ4v) is 11.3. The van der Waals surface area contributed by atoms with Gasteiger partial charge in [0.25, 0.3) is 11.8 Å². The zero-order chi connectivity index (χ0) is 44.5. The minimum Gasteiger partial charge on any atom is -0.445 e. The van der Waals surface area contributed by atoms with Gasteiger partial charge in [-0.25, -0.2) is 9.59 Å². The number of nitrogens with two attached hydrogens (primary N) is 2. The molecule has 0 spiro atoms. The number of hydrogen-bond acceptors (Lipinski definition) is 10. The molecule has 0 atom stereocenters. The van der Waals surface area contributed by atoms with Gasteiger partial charge in [-0.1, -0.05) is 72.8 Å². The monoisotopic (exact) mass is 884 g/mol. The van der Waals surface area contributed by atoms with Crippen LogP contribution in [0.15, 0.2) is 133 Å². The largest absolute Gasteiger partial charge is 0.445 e. The minimum atomic E-state index is -1.60. The van der Waals surface area contributed by atoms with Crippen molar-refractivity contribution >= 4 is 46.5 Å². The van der Waals surface area contributed by atoms with Gasteiger partial charge in [0.1, 0.15) is 0 Å². The molecule has 4 heterocycles. The molecule has 4 aromatic carbocycles. The van der Waals surface area contributed by atoms with Gasteiger partial charge in [-0.05, 0) is 99.9 Å². The summed E-state index contributed by atoms with van der Waals surface area (Å²) in [5.41, 5.74) is 13.9. The molecule has 8 rings (SSSR count). The average Bonchev–Trinajstić information content (AvgIpc) is 3.35. The summed E-state index contributed by atoms with van der Waals surface area (Å²) in [6.45, 7) is 5.30. The van der Waals surface area contributed by atoms with Gasteiger partial charge >= 0.3 is 11.9 Å². The van der Waals surface area contributed by atoms with Gasteiger partial charge in [0, 0.05) is 111 Å². The Bertz CT molecular complexity index is 1920. The molecule has 0 unspecified atom stereocenters. The van der Waals surface area contributed by atoms with Crippen LogP contribution >= 0.6 is 0 Å². The van der Waals surface area contributed by atoms with E-state index in [9.17, 15) is 19.2 Å². The molecule has 4 aliphatic heterocycles. The van der Waals surface area contributed by atoms with Crippen LogP contribution in [0, 0.1) is 23.7 Å². The van der Waals surface area contributed by atoms with Crippen molar-refractivity contribution in [2.45, 2.75) is 62.6 Å². The van der Waals surface area contributed by atoms with Crippen molar-refractivity contribution in [1.82, 2.24) is 0 Å². The molecule has 0 aromatic heterocycles. The van der Waals surface area contributed by atoms with Crippen molar-refractivity contribution in [2.24, 2.45) is 35.1 Å². The number of para-hydroxylation sites is 4. The first-order valence-corrected chi connectivity index (χ1v) is 23.1. The van der Waals surface area contributed by atoms with E-state index in [0.717, 1.165) is 34.9 Å². The molecule has 0 radical (unpaired) electrons. The van der Waals surface area contributed by atoms with Crippen molar-refractivity contribution in [1.29, 1.82) is 0 Å². The summed E-state index contributed by atoms with van der Waals surface area (Å²) >= 11 is 0. The first-order valence-electron chi connectivity index (χ1n) is 23.1. The van der Waals surface area contributed by atoms with E-state index in [2.05, 4.69) is 68.1 Å². The minimum absolute atomic E-state index is 0. The third-order valence-corrected chi connectivity index (χ3v) is 14.6. The number of amides is 2. The summed E-state index contributed by atoms with van der Waals surface area (Å²) in [6.07, 6.45) is 6.75. The van der Waals surface area contributed by atoms with Gasteiger partial charge in [0.05, 0.1) is 0 Å². The maximum Gasteiger partial charge on any atom is 0.332 e. The summed E-state index contributed by atoms with van der Waals surface area (Å²) in [5, 5.41) is 0. The van der Waals surface area contributed by atoms with Gasteiger partial charge < -0.3 is 46.0 Å². The van der Waals surface area contributed by atoms with Crippen LogP contribution in [0.1, 0.15) is 51.4 Å². The average molecular weight is 885 g/mol. The molecule has 2 amide bonds. The van der Waals surface area contributed by atoms with E-state index in [1.165, 1.54) is 0 Å². The Hall–Kier alpha value is -6.34. The quantitative estimate of drug-likeness (QED) is 0.114. The summed E-state index contributed by atoms with van der Waals surface area (Å²) in [4.78, 5) is 65.3. The number of primary amides is 2. The molecule has 4 fully saturated rings. The van der Waals surface area contributed by atoms with Gasteiger partial charge in [-0.2, -0.15) is 0 Å². The molecule has 13 nitrogen and oxygen atoms in total.